The molecule has 0 amide bonds. The number of hydrogen-bond acceptors (Lipinski definition) is 1. The summed E-state index contributed by atoms with van der Waals surface area (Å²) in [6.45, 7) is 7.81. The first kappa shape index (κ1) is 12.1. The second-order valence-corrected chi connectivity index (χ2v) is 4.33. The van der Waals surface area contributed by atoms with Crippen LogP contribution in [0.15, 0.2) is 24.3 Å². The lowest BCUT2D eigenvalue weighted by atomic mass is 10.1. The average molecular weight is 205 g/mol. The molecular formula is C14H23N. The lowest BCUT2D eigenvalue weighted by Gasteiger charge is -2.12. The summed E-state index contributed by atoms with van der Waals surface area (Å²) in [6, 6.07) is 8.76. The van der Waals surface area contributed by atoms with Crippen molar-refractivity contribution in [2.45, 2.75) is 40.0 Å². The summed E-state index contributed by atoms with van der Waals surface area (Å²) in [5.74, 6) is 0.765. The van der Waals surface area contributed by atoms with Gasteiger partial charge in [-0.15, -0.1) is 0 Å². The second-order valence-electron chi connectivity index (χ2n) is 4.33. The SMILES string of the molecule is CCCC(C)CNc1ccc(CC)cc1. The van der Waals surface area contributed by atoms with Gasteiger partial charge >= 0.3 is 0 Å². The molecule has 1 rings (SSSR count). The van der Waals surface area contributed by atoms with Gasteiger partial charge in [0.25, 0.3) is 0 Å². The molecule has 1 heteroatoms. The van der Waals surface area contributed by atoms with E-state index in [0.29, 0.717) is 0 Å². The van der Waals surface area contributed by atoms with E-state index >= 15 is 0 Å². The normalized spacial score (nSPS) is 12.5. The van der Waals surface area contributed by atoms with E-state index in [1.54, 1.807) is 0 Å². The Kier molecular flexibility index (Phi) is 5.23. The molecule has 1 atom stereocenters. The largest absolute Gasteiger partial charge is 0.385 e. The minimum absolute atomic E-state index is 0.765. The lowest BCUT2D eigenvalue weighted by molar-refractivity contribution is 0.551. The van der Waals surface area contributed by atoms with Crippen LogP contribution in [0, 0.1) is 5.92 Å². The second kappa shape index (κ2) is 6.49. The number of nitrogens with one attached hydrogen (secondary N) is 1. The van der Waals surface area contributed by atoms with E-state index in [4.69, 9.17) is 0 Å². The third kappa shape index (κ3) is 4.37. The minimum atomic E-state index is 0.765. The van der Waals surface area contributed by atoms with E-state index in [9.17, 15) is 0 Å². The lowest BCUT2D eigenvalue weighted by Crippen LogP contribution is -2.10. The molecule has 0 aromatic heterocycles. The first-order valence-electron chi connectivity index (χ1n) is 6.09. The van der Waals surface area contributed by atoms with Gasteiger partial charge in [0, 0.05) is 12.2 Å². The van der Waals surface area contributed by atoms with Crippen LogP contribution in [0.2, 0.25) is 0 Å². The maximum atomic E-state index is 3.48. The molecule has 15 heavy (non-hydrogen) atoms. The van der Waals surface area contributed by atoms with Crippen LogP contribution in [0.1, 0.15) is 39.2 Å². The van der Waals surface area contributed by atoms with Crippen LogP contribution in [0.3, 0.4) is 0 Å². The molecule has 0 saturated heterocycles. The Hall–Kier alpha value is -0.980. The number of benzene rings is 1. The van der Waals surface area contributed by atoms with Crippen molar-refractivity contribution in [3.8, 4) is 0 Å². The zero-order valence-corrected chi connectivity index (χ0v) is 10.2. The van der Waals surface area contributed by atoms with Crippen LogP contribution in [0.5, 0.6) is 0 Å². The third-order valence-corrected chi connectivity index (χ3v) is 2.80. The first-order chi connectivity index (χ1) is 7.26. The zero-order chi connectivity index (χ0) is 11.1. The molecule has 1 nitrogen and oxygen atoms in total. The molecule has 0 spiro atoms. The number of anilines is 1. The van der Waals surface area contributed by atoms with Crippen LogP contribution in [-0.4, -0.2) is 6.54 Å². The predicted octanol–water partition coefficient (Wildman–Crippen LogP) is 4.10. The van der Waals surface area contributed by atoms with Gasteiger partial charge in [0.15, 0.2) is 0 Å². The summed E-state index contributed by atoms with van der Waals surface area (Å²) in [7, 11) is 0. The quantitative estimate of drug-likeness (QED) is 0.737. The van der Waals surface area contributed by atoms with Crippen molar-refractivity contribution in [2.24, 2.45) is 5.92 Å². The molecule has 0 radical (unpaired) electrons. The predicted molar refractivity (Wildman–Crippen MR) is 68.4 cm³/mol. The van der Waals surface area contributed by atoms with Gasteiger partial charge in [0.05, 0.1) is 0 Å². The van der Waals surface area contributed by atoms with E-state index in [0.717, 1.165) is 18.9 Å². The molecule has 0 bridgehead atoms. The highest BCUT2D eigenvalue weighted by atomic mass is 14.9. The Bertz CT molecular complexity index is 263. The fourth-order valence-corrected chi connectivity index (χ4v) is 1.75. The van der Waals surface area contributed by atoms with Gasteiger partial charge in [0.2, 0.25) is 0 Å². The summed E-state index contributed by atoms with van der Waals surface area (Å²) in [5.41, 5.74) is 2.65. The summed E-state index contributed by atoms with van der Waals surface area (Å²) in [5, 5.41) is 3.48. The molecule has 0 aliphatic rings. The fraction of sp³-hybridized carbons (Fsp3) is 0.571. The Morgan fingerprint density at radius 2 is 1.80 bits per heavy atom. The van der Waals surface area contributed by atoms with Gasteiger partial charge in [-0.05, 0) is 36.5 Å². The van der Waals surface area contributed by atoms with E-state index in [-0.39, 0.29) is 0 Å². The molecule has 84 valence electrons. The summed E-state index contributed by atoms with van der Waals surface area (Å²) >= 11 is 0. The van der Waals surface area contributed by atoms with Crippen LogP contribution >= 0.6 is 0 Å². The fourth-order valence-electron chi connectivity index (χ4n) is 1.75. The maximum absolute atomic E-state index is 3.48. The highest BCUT2D eigenvalue weighted by Gasteiger charge is 1.99. The Morgan fingerprint density at radius 1 is 1.13 bits per heavy atom. The standard InChI is InChI=1S/C14H23N/c1-4-6-12(3)11-15-14-9-7-13(5-2)8-10-14/h7-10,12,15H,4-6,11H2,1-3H3. The highest BCUT2D eigenvalue weighted by Crippen LogP contribution is 2.12. The van der Waals surface area contributed by atoms with Crippen molar-refractivity contribution < 1.29 is 0 Å². The molecule has 1 unspecified atom stereocenters. The van der Waals surface area contributed by atoms with E-state index in [1.165, 1.54) is 24.1 Å². The van der Waals surface area contributed by atoms with Crippen LogP contribution in [0.25, 0.3) is 0 Å². The van der Waals surface area contributed by atoms with Crippen molar-refractivity contribution in [3.05, 3.63) is 29.8 Å². The summed E-state index contributed by atoms with van der Waals surface area (Å²) in [6.07, 6.45) is 3.70. The number of hydrogen-bond donors (Lipinski definition) is 1. The van der Waals surface area contributed by atoms with Gasteiger partial charge < -0.3 is 5.32 Å². The van der Waals surface area contributed by atoms with Gasteiger partial charge in [-0.3, -0.25) is 0 Å². The van der Waals surface area contributed by atoms with Crippen molar-refractivity contribution in [3.63, 3.8) is 0 Å². The van der Waals surface area contributed by atoms with Gasteiger partial charge in [0.1, 0.15) is 0 Å². The molecule has 0 saturated carbocycles. The summed E-state index contributed by atoms with van der Waals surface area (Å²) < 4.78 is 0. The van der Waals surface area contributed by atoms with E-state index in [1.807, 2.05) is 0 Å². The molecule has 0 fully saturated rings. The molecule has 0 aliphatic heterocycles. The van der Waals surface area contributed by atoms with E-state index in [2.05, 4.69) is 50.4 Å². The molecule has 0 aliphatic carbocycles. The molecule has 1 aromatic carbocycles. The Morgan fingerprint density at radius 3 is 2.33 bits per heavy atom. The number of aryl methyl sites for hydroxylation is 1. The van der Waals surface area contributed by atoms with Gasteiger partial charge in [-0.2, -0.15) is 0 Å². The van der Waals surface area contributed by atoms with E-state index < -0.39 is 0 Å². The van der Waals surface area contributed by atoms with Crippen molar-refractivity contribution in [2.75, 3.05) is 11.9 Å². The summed E-state index contributed by atoms with van der Waals surface area (Å²) in [4.78, 5) is 0. The van der Waals surface area contributed by atoms with Gasteiger partial charge in [-0.25, -0.2) is 0 Å². The van der Waals surface area contributed by atoms with Gasteiger partial charge in [-0.1, -0.05) is 39.3 Å². The van der Waals surface area contributed by atoms with Crippen LogP contribution < -0.4 is 5.32 Å². The topological polar surface area (TPSA) is 12.0 Å². The molecule has 1 aromatic rings. The first-order valence-corrected chi connectivity index (χ1v) is 6.09. The number of rotatable bonds is 6. The van der Waals surface area contributed by atoms with Crippen LogP contribution in [-0.2, 0) is 6.42 Å². The molecule has 1 N–H and O–H groups in total. The maximum Gasteiger partial charge on any atom is 0.0340 e. The monoisotopic (exact) mass is 205 g/mol. The van der Waals surface area contributed by atoms with Crippen molar-refractivity contribution in [1.82, 2.24) is 0 Å². The molecule has 0 heterocycles. The van der Waals surface area contributed by atoms with Crippen LogP contribution in [0.4, 0.5) is 5.69 Å². The molecular weight excluding hydrogens is 182 g/mol. The Labute approximate surface area is 93.9 Å². The zero-order valence-electron chi connectivity index (χ0n) is 10.2. The van der Waals surface area contributed by atoms with Crippen molar-refractivity contribution >= 4 is 5.69 Å². The Balaban J connectivity index is 2.37. The average Bonchev–Trinajstić information content (AvgIpc) is 2.27. The highest BCUT2D eigenvalue weighted by molar-refractivity contribution is 5.44. The third-order valence-electron chi connectivity index (χ3n) is 2.80. The minimum Gasteiger partial charge on any atom is -0.385 e. The van der Waals surface area contributed by atoms with Crippen molar-refractivity contribution in [1.29, 1.82) is 0 Å². The smallest absolute Gasteiger partial charge is 0.0340 e.